The molecule has 1 N–H and O–H groups in total. The predicted molar refractivity (Wildman–Crippen MR) is 70.6 cm³/mol. The van der Waals surface area contributed by atoms with Gasteiger partial charge in [-0.05, 0) is 36.5 Å². The molecule has 0 radical (unpaired) electrons. The molecular formula is C15H15F3N2O. The third kappa shape index (κ3) is 2.68. The molecule has 2 unspecified atom stereocenters. The van der Waals surface area contributed by atoms with Crippen LogP contribution in [0.3, 0.4) is 0 Å². The summed E-state index contributed by atoms with van der Waals surface area (Å²) in [5.41, 5.74) is 0.909. The number of alkyl halides is 3. The van der Waals surface area contributed by atoms with Crippen LogP contribution in [0, 0.1) is 0 Å². The van der Waals surface area contributed by atoms with Crippen molar-refractivity contribution in [3.63, 3.8) is 0 Å². The maximum absolute atomic E-state index is 12.6. The van der Waals surface area contributed by atoms with Crippen LogP contribution in [0.5, 0.6) is 0 Å². The summed E-state index contributed by atoms with van der Waals surface area (Å²) >= 11 is 0. The van der Waals surface area contributed by atoms with Crippen LogP contribution in [0.2, 0.25) is 0 Å². The van der Waals surface area contributed by atoms with Crippen molar-refractivity contribution >= 4 is 0 Å². The van der Waals surface area contributed by atoms with Gasteiger partial charge in [-0.25, -0.2) is 0 Å². The molecule has 0 spiro atoms. The Morgan fingerprint density at radius 2 is 1.95 bits per heavy atom. The summed E-state index contributed by atoms with van der Waals surface area (Å²) in [4.78, 5) is 0. The fourth-order valence-electron chi connectivity index (χ4n) is 2.87. The van der Waals surface area contributed by atoms with Gasteiger partial charge in [0.05, 0.1) is 6.04 Å². The van der Waals surface area contributed by atoms with Gasteiger partial charge in [0.1, 0.15) is 6.10 Å². The minimum Gasteiger partial charge on any atom is -0.386 e. The first-order chi connectivity index (χ1) is 9.97. The summed E-state index contributed by atoms with van der Waals surface area (Å²) in [5.74, 6) is 0. The lowest BCUT2D eigenvalue weighted by atomic mass is 9.99. The van der Waals surface area contributed by atoms with E-state index in [0.29, 0.717) is 6.42 Å². The molecule has 1 aliphatic carbocycles. The number of nitrogens with zero attached hydrogens (tertiary/aromatic N) is 2. The molecule has 2 atom stereocenters. The van der Waals surface area contributed by atoms with Crippen LogP contribution in [-0.4, -0.2) is 14.9 Å². The summed E-state index contributed by atoms with van der Waals surface area (Å²) < 4.78 is 39.2. The molecule has 1 heterocycles. The van der Waals surface area contributed by atoms with Crippen LogP contribution < -0.4 is 0 Å². The minimum atomic E-state index is -4.46. The SMILES string of the molecule is OC1c2ccccc2CCCC1n1ccc(C(F)(F)F)n1. The van der Waals surface area contributed by atoms with Crippen molar-refractivity contribution < 1.29 is 18.3 Å². The standard InChI is InChI=1S/C15H15F3N2O/c16-15(17,18)13-8-9-20(19-13)12-7-3-5-10-4-1-2-6-11(10)14(12)21/h1-2,4,6,8-9,12,14,21H,3,5,7H2. The highest BCUT2D eigenvalue weighted by Gasteiger charge is 2.35. The van der Waals surface area contributed by atoms with E-state index in [1.807, 2.05) is 24.3 Å². The van der Waals surface area contributed by atoms with E-state index in [1.165, 1.54) is 10.9 Å². The summed E-state index contributed by atoms with van der Waals surface area (Å²) in [5, 5.41) is 14.1. The Morgan fingerprint density at radius 3 is 2.67 bits per heavy atom. The number of hydrogen-bond donors (Lipinski definition) is 1. The number of benzene rings is 1. The molecule has 0 aliphatic heterocycles. The fourth-order valence-corrected chi connectivity index (χ4v) is 2.87. The van der Waals surface area contributed by atoms with Crippen LogP contribution in [0.1, 0.15) is 41.8 Å². The second-order valence-corrected chi connectivity index (χ2v) is 5.28. The van der Waals surface area contributed by atoms with Crippen LogP contribution in [0.4, 0.5) is 13.2 Å². The molecular weight excluding hydrogens is 281 g/mol. The Balaban J connectivity index is 1.94. The lowest BCUT2D eigenvalue weighted by Crippen LogP contribution is -2.19. The third-order valence-corrected chi connectivity index (χ3v) is 3.92. The monoisotopic (exact) mass is 296 g/mol. The van der Waals surface area contributed by atoms with Crippen LogP contribution in [0.15, 0.2) is 36.5 Å². The van der Waals surface area contributed by atoms with Crippen molar-refractivity contribution in [2.75, 3.05) is 0 Å². The van der Waals surface area contributed by atoms with E-state index in [9.17, 15) is 18.3 Å². The molecule has 1 aliphatic rings. The third-order valence-electron chi connectivity index (χ3n) is 3.92. The largest absolute Gasteiger partial charge is 0.435 e. The summed E-state index contributed by atoms with van der Waals surface area (Å²) in [6.07, 6.45) is -1.79. The molecule has 1 aromatic carbocycles. The number of aliphatic hydroxyl groups is 1. The lowest BCUT2D eigenvalue weighted by molar-refractivity contribution is -0.141. The van der Waals surface area contributed by atoms with Gasteiger partial charge in [0.15, 0.2) is 5.69 Å². The molecule has 3 nitrogen and oxygen atoms in total. The number of hydrogen-bond acceptors (Lipinski definition) is 2. The number of halogens is 3. The fraction of sp³-hybridized carbons (Fsp3) is 0.400. The van der Waals surface area contributed by atoms with Gasteiger partial charge in [-0.3, -0.25) is 4.68 Å². The van der Waals surface area contributed by atoms with Crippen molar-refractivity contribution in [2.24, 2.45) is 0 Å². The molecule has 6 heteroatoms. The first kappa shape index (κ1) is 14.1. The quantitative estimate of drug-likeness (QED) is 0.818. The Morgan fingerprint density at radius 1 is 1.19 bits per heavy atom. The van der Waals surface area contributed by atoms with E-state index in [-0.39, 0.29) is 0 Å². The van der Waals surface area contributed by atoms with E-state index < -0.39 is 24.0 Å². The Bertz CT molecular complexity index is 636. The molecule has 0 bridgehead atoms. The predicted octanol–water partition coefficient (Wildman–Crippen LogP) is 3.51. The highest BCUT2D eigenvalue weighted by atomic mass is 19.4. The van der Waals surface area contributed by atoms with Crippen molar-refractivity contribution in [1.82, 2.24) is 9.78 Å². The van der Waals surface area contributed by atoms with Crippen molar-refractivity contribution in [3.8, 4) is 0 Å². The second kappa shape index (κ2) is 5.18. The molecule has 0 saturated carbocycles. The number of rotatable bonds is 1. The molecule has 1 aromatic heterocycles. The number of aromatic nitrogens is 2. The van der Waals surface area contributed by atoms with Gasteiger partial charge in [0, 0.05) is 6.20 Å². The van der Waals surface area contributed by atoms with E-state index in [2.05, 4.69) is 5.10 Å². The Hall–Kier alpha value is -1.82. The van der Waals surface area contributed by atoms with Crippen molar-refractivity contribution in [3.05, 3.63) is 53.3 Å². The van der Waals surface area contributed by atoms with Crippen LogP contribution in [-0.2, 0) is 12.6 Å². The highest BCUT2D eigenvalue weighted by Crippen LogP contribution is 2.37. The average Bonchev–Trinajstić information content (AvgIpc) is 2.87. The van der Waals surface area contributed by atoms with Gasteiger partial charge in [-0.1, -0.05) is 24.3 Å². The second-order valence-electron chi connectivity index (χ2n) is 5.28. The molecule has 0 fully saturated rings. The summed E-state index contributed by atoms with van der Waals surface area (Å²) in [7, 11) is 0. The zero-order chi connectivity index (χ0) is 15.0. The zero-order valence-electron chi connectivity index (χ0n) is 11.2. The van der Waals surface area contributed by atoms with E-state index >= 15 is 0 Å². The van der Waals surface area contributed by atoms with Gasteiger partial charge in [0.25, 0.3) is 0 Å². The first-order valence-corrected chi connectivity index (χ1v) is 6.85. The first-order valence-electron chi connectivity index (χ1n) is 6.85. The van der Waals surface area contributed by atoms with Gasteiger partial charge >= 0.3 is 6.18 Å². The molecule has 0 amide bonds. The zero-order valence-corrected chi connectivity index (χ0v) is 11.2. The molecule has 3 rings (SSSR count). The smallest absolute Gasteiger partial charge is 0.386 e. The van der Waals surface area contributed by atoms with Gasteiger partial charge < -0.3 is 5.11 Å². The number of aliphatic hydroxyl groups excluding tert-OH is 1. The van der Waals surface area contributed by atoms with Gasteiger partial charge in [0.2, 0.25) is 0 Å². The molecule has 0 saturated heterocycles. The topological polar surface area (TPSA) is 38.0 Å². The van der Waals surface area contributed by atoms with E-state index in [4.69, 9.17) is 0 Å². The number of fused-ring (bicyclic) bond motifs is 1. The maximum Gasteiger partial charge on any atom is 0.435 e. The summed E-state index contributed by atoms with van der Waals surface area (Å²) in [6.45, 7) is 0. The molecule has 112 valence electrons. The Kier molecular flexibility index (Phi) is 3.49. The van der Waals surface area contributed by atoms with Crippen LogP contribution in [0.25, 0.3) is 0 Å². The van der Waals surface area contributed by atoms with Crippen molar-refractivity contribution in [1.29, 1.82) is 0 Å². The minimum absolute atomic E-state index is 0.468. The highest BCUT2D eigenvalue weighted by molar-refractivity contribution is 5.31. The Labute approximate surface area is 120 Å². The van der Waals surface area contributed by atoms with E-state index in [1.54, 1.807) is 0 Å². The maximum atomic E-state index is 12.6. The average molecular weight is 296 g/mol. The lowest BCUT2D eigenvalue weighted by Gasteiger charge is -2.22. The van der Waals surface area contributed by atoms with Crippen molar-refractivity contribution in [2.45, 2.75) is 37.6 Å². The van der Waals surface area contributed by atoms with Crippen LogP contribution >= 0.6 is 0 Å². The van der Waals surface area contributed by atoms with Gasteiger partial charge in [-0.2, -0.15) is 18.3 Å². The van der Waals surface area contributed by atoms with E-state index in [0.717, 1.165) is 30.0 Å². The summed E-state index contributed by atoms with van der Waals surface area (Å²) in [6, 6.07) is 7.99. The molecule has 2 aromatic rings. The number of aryl methyl sites for hydroxylation is 1. The normalized spacial score (nSPS) is 22.7. The molecule has 21 heavy (non-hydrogen) atoms. The van der Waals surface area contributed by atoms with Gasteiger partial charge in [-0.15, -0.1) is 0 Å².